The van der Waals surface area contributed by atoms with Crippen LogP contribution in [0.3, 0.4) is 0 Å². The number of carbonyl (C=O) groups is 1. The van der Waals surface area contributed by atoms with Crippen LogP contribution >= 0.6 is 24.8 Å². The fraction of sp³-hybridized carbons (Fsp3) is 0.200. The molecule has 0 aliphatic rings. The highest BCUT2D eigenvalue weighted by Gasteiger charge is 2.10. The van der Waals surface area contributed by atoms with Gasteiger partial charge in [-0.05, 0) is 19.1 Å². The second-order valence-electron chi connectivity index (χ2n) is 2.90. The maximum absolute atomic E-state index is 11.6. The van der Waals surface area contributed by atoms with Gasteiger partial charge in [0.25, 0.3) is 5.91 Å². The Labute approximate surface area is 94.1 Å². The van der Waals surface area contributed by atoms with Crippen LogP contribution in [0.2, 0.25) is 0 Å². The lowest BCUT2D eigenvalue weighted by Crippen LogP contribution is -2.35. The van der Waals surface area contributed by atoms with Gasteiger partial charge in [-0.3, -0.25) is 4.79 Å². The summed E-state index contributed by atoms with van der Waals surface area (Å²) in [6.07, 6.45) is 0. The van der Waals surface area contributed by atoms with Crippen LogP contribution in [0.15, 0.2) is 30.3 Å². The van der Waals surface area contributed by atoms with Gasteiger partial charge in [-0.2, -0.15) is 0 Å². The topological polar surface area (TPSA) is 29.1 Å². The minimum absolute atomic E-state index is 0.130. The average molecular weight is 225 g/mol. The first-order valence-electron chi connectivity index (χ1n) is 4.20. The molecule has 1 rings (SSSR count). The molecule has 0 heterocycles. The Morgan fingerprint density at radius 1 is 1.43 bits per heavy atom. The van der Waals surface area contributed by atoms with Crippen molar-refractivity contribution >= 4 is 35.0 Å². The van der Waals surface area contributed by atoms with Gasteiger partial charge in [-0.1, -0.05) is 30.4 Å². The van der Waals surface area contributed by atoms with Crippen LogP contribution in [-0.4, -0.2) is 16.1 Å². The highest BCUT2D eigenvalue weighted by atomic mass is 32.1. The van der Waals surface area contributed by atoms with E-state index < -0.39 is 0 Å². The number of carbonyl (C=O) groups excluding carboxylic acids is 1. The summed E-state index contributed by atoms with van der Waals surface area (Å²) >= 11 is 8.83. The summed E-state index contributed by atoms with van der Waals surface area (Å²) in [5.74, 6) is -0.130. The van der Waals surface area contributed by atoms with Crippen molar-refractivity contribution in [1.29, 1.82) is 0 Å². The zero-order valence-electron chi connectivity index (χ0n) is 7.73. The second kappa shape index (κ2) is 5.12. The van der Waals surface area contributed by atoms with Crippen molar-refractivity contribution in [2.75, 3.05) is 0 Å². The molecule has 1 N–H and O–H groups in total. The molecule has 0 aliphatic carbocycles. The number of thiol groups is 1. The normalized spacial score (nSPS) is 11.9. The number of benzene rings is 1. The van der Waals surface area contributed by atoms with Gasteiger partial charge in [0.1, 0.15) is 0 Å². The van der Waals surface area contributed by atoms with E-state index in [2.05, 4.69) is 17.9 Å². The van der Waals surface area contributed by atoms with E-state index >= 15 is 0 Å². The molecule has 0 fully saturated rings. The Hall–Kier alpha value is -0.870. The lowest BCUT2D eigenvalue weighted by atomic mass is 10.2. The third-order valence-corrected chi connectivity index (χ3v) is 2.49. The predicted molar refractivity (Wildman–Crippen MR) is 65.0 cm³/mol. The third kappa shape index (κ3) is 3.12. The van der Waals surface area contributed by atoms with E-state index in [1.807, 2.05) is 18.2 Å². The molecule has 1 amide bonds. The monoisotopic (exact) mass is 225 g/mol. The van der Waals surface area contributed by atoms with Crippen molar-refractivity contribution in [3.8, 4) is 0 Å². The molecule has 0 radical (unpaired) electrons. The molecule has 2 nitrogen and oxygen atoms in total. The van der Waals surface area contributed by atoms with Crippen molar-refractivity contribution in [2.45, 2.75) is 13.0 Å². The zero-order valence-corrected chi connectivity index (χ0v) is 9.44. The van der Waals surface area contributed by atoms with Crippen LogP contribution < -0.4 is 5.32 Å². The van der Waals surface area contributed by atoms with Gasteiger partial charge in [-0.15, -0.1) is 12.6 Å². The van der Waals surface area contributed by atoms with Gasteiger partial charge in [0.05, 0.1) is 10.2 Å². The highest BCUT2D eigenvalue weighted by molar-refractivity contribution is 8.11. The van der Waals surface area contributed by atoms with Crippen molar-refractivity contribution in [2.24, 2.45) is 0 Å². The molecular weight excluding hydrogens is 214 g/mol. The molecule has 1 aromatic carbocycles. The van der Waals surface area contributed by atoms with Crippen molar-refractivity contribution in [3.05, 3.63) is 35.9 Å². The molecular formula is C10H11NOS2. The van der Waals surface area contributed by atoms with Gasteiger partial charge in [-0.25, -0.2) is 0 Å². The molecule has 74 valence electrons. The maximum atomic E-state index is 11.6. The molecule has 0 spiro atoms. The minimum atomic E-state index is -0.193. The largest absolute Gasteiger partial charge is 0.344 e. The van der Waals surface area contributed by atoms with E-state index in [-0.39, 0.29) is 11.9 Å². The molecule has 1 atom stereocenters. The molecule has 0 unspecified atom stereocenters. The van der Waals surface area contributed by atoms with Gasteiger partial charge < -0.3 is 5.32 Å². The smallest absolute Gasteiger partial charge is 0.251 e. The number of rotatable bonds is 3. The summed E-state index contributed by atoms with van der Waals surface area (Å²) in [5.41, 5.74) is 0.629. The van der Waals surface area contributed by atoms with E-state index in [1.165, 1.54) is 0 Å². The Balaban J connectivity index is 2.64. The number of amides is 1. The van der Waals surface area contributed by atoms with Gasteiger partial charge in [0, 0.05) is 5.56 Å². The molecule has 0 aliphatic heterocycles. The number of hydrogen-bond donors (Lipinski definition) is 2. The summed E-state index contributed by atoms with van der Waals surface area (Å²) in [6.45, 7) is 1.80. The number of thiocarbonyl (C=S) groups is 1. The summed E-state index contributed by atoms with van der Waals surface area (Å²) in [4.78, 5) is 11.6. The van der Waals surface area contributed by atoms with Crippen LogP contribution in [0.5, 0.6) is 0 Å². The predicted octanol–water partition coefficient (Wildman–Crippen LogP) is 2.06. The maximum Gasteiger partial charge on any atom is 0.251 e. The van der Waals surface area contributed by atoms with E-state index in [0.717, 1.165) is 0 Å². The highest BCUT2D eigenvalue weighted by Crippen LogP contribution is 2.00. The molecule has 0 bridgehead atoms. The van der Waals surface area contributed by atoms with Gasteiger partial charge in [0.15, 0.2) is 0 Å². The van der Waals surface area contributed by atoms with Crippen LogP contribution in [0, 0.1) is 0 Å². The number of nitrogens with one attached hydrogen (secondary N) is 1. The standard InChI is InChI=1S/C10H11NOS2/c1-7(10(13)14)11-9(12)8-5-3-2-4-6-8/h2-7H,1H3,(H,11,12)(H,13,14)/t7-/m0/s1. The lowest BCUT2D eigenvalue weighted by molar-refractivity contribution is 0.0950. The van der Waals surface area contributed by atoms with Crippen LogP contribution in [0.4, 0.5) is 0 Å². The van der Waals surface area contributed by atoms with E-state index in [4.69, 9.17) is 12.2 Å². The van der Waals surface area contributed by atoms with E-state index in [9.17, 15) is 4.79 Å². The second-order valence-corrected chi connectivity index (χ2v) is 4.12. The lowest BCUT2D eigenvalue weighted by Gasteiger charge is -2.11. The van der Waals surface area contributed by atoms with E-state index in [1.54, 1.807) is 19.1 Å². The Morgan fingerprint density at radius 3 is 2.50 bits per heavy atom. The fourth-order valence-electron chi connectivity index (χ4n) is 0.931. The summed E-state index contributed by atoms with van der Waals surface area (Å²) in [5, 5.41) is 2.74. The van der Waals surface area contributed by atoms with Crippen molar-refractivity contribution in [3.63, 3.8) is 0 Å². The summed E-state index contributed by atoms with van der Waals surface area (Å²) in [6, 6.07) is 8.81. The van der Waals surface area contributed by atoms with Gasteiger partial charge in [0.2, 0.25) is 0 Å². The van der Waals surface area contributed by atoms with Crippen molar-refractivity contribution in [1.82, 2.24) is 5.32 Å². The summed E-state index contributed by atoms with van der Waals surface area (Å²) < 4.78 is 0.481. The molecule has 4 heteroatoms. The van der Waals surface area contributed by atoms with Gasteiger partial charge >= 0.3 is 0 Å². The fourth-order valence-corrected chi connectivity index (χ4v) is 1.05. The number of hydrogen-bond acceptors (Lipinski definition) is 2. The first-order valence-corrected chi connectivity index (χ1v) is 5.05. The van der Waals surface area contributed by atoms with Crippen molar-refractivity contribution < 1.29 is 4.79 Å². The first-order chi connectivity index (χ1) is 6.61. The minimum Gasteiger partial charge on any atom is -0.344 e. The molecule has 1 aromatic rings. The Morgan fingerprint density at radius 2 is 2.00 bits per heavy atom. The Bertz CT molecular complexity index is 337. The molecule has 0 saturated carbocycles. The van der Waals surface area contributed by atoms with Crippen LogP contribution in [0.1, 0.15) is 17.3 Å². The van der Waals surface area contributed by atoms with E-state index in [0.29, 0.717) is 9.76 Å². The average Bonchev–Trinajstić information content (AvgIpc) is 2.19. The Kier molecular flexibility index (Phi) is 4.10. The van der Waals surface area contributed by atoms with Crippen LogP contribution in [0.25, 0.3) is 0 Å². The molecule has 0 saturated heterocycles. The third-order valence-electron chi connectivity index (χ3n) is 1.75. The zero-order chi connectivity index (χ0) is 10.6. The van der Waals surface area contributed by atoms with Crippen LogP contribution in [-0.2, 0) is 0 Å². The first kappa shape index (κ1) is 11.2. The summed E-state index contributed by atoms with van der Waals surface area (Å²) in [7, 11) is 0. The quantitative estimate of drug-likeness (QED) is 0.609. The molecule has 0 aromatic heterocycles. The molecule has 14 heavy (non-hydrogen) atoms. The SMILES string of the molecule is C[C@H](NC(=O)c1ccccc1)C(=S)S.